The van der Waals surface area contributed by atoms with Gasteiger partial charge in [-0.1, -0.05) is 18.8 Å². The number of fused-ring (bicyclic) bond motifs is 1. The van der Waals surface area contributed by atoms with Crippen molar-refractivity contribution >= 4 is 11.8 Å². The van der Waals surface area contributed by atoms with Crippen molar-refractivity contribution in [1.29, 1.82) is 0 Å². The lowest BCUT2D eigenvalue weighted by Crippen LogP contribution is -2.50. The lowest BCUT2D eigenvalue weighted by Gasteiger charge is -2.37. The number of ether oxygens (including phenoxy) is 1. The summed E-state index contributed by atoms with van der Waals surface area (Å²) in [5.74, 6) is 5.07. The normalized spacial score (nSPS) is 19.3. The number of hydrogen-bond donors (Lipinski definition) is 2. The topological polar surface area (TPSA) is 116 Å². The Morgan fingerprint density at radius 3 is 2.71 bits per heavy atom. The van der Waals surface area contributed by atoms with Crippen LogP contribution in [-0.4, -0.2) is 86.8 Å². The number of aliphatic hydroxyl groups is 2. The van der Waals surface area contributed by atoms with Gasteiger partial charge in [0.15, 0.2) is 0 Å². The highest BCUT2D eigenvalue weighted by atomic mass is 16.5. The average molecular weight is 481 g/mol. The van der Waals surface area contributed by atoms with Crippen LogP contribution in [-0.2, 0) is 11.2 Å². The molecule has 9 heteroatoms. The van der Waals surface area contributed by atoms with E-state index in [2.05, 4.69) is 21.8 Å². The Morgan fingerprint density at radius 1 is 1.34 bits per heavy atom. The van der Waals surface area contributed by atoms with Crippen LogP contribution in [0.25, 0.3) is 0 Å². The van der Waals surface area contributed by atoms with Crippen molar-refractivity contribution < 1.29 is 24.5 Å². The van der Waals surface area contributed by atoms with Crippen molar-refractivity contribution in [2.45, 2.75) is 45.4 Å². The fourth-order valence-electron chi connectivity index (χ4n) is 3.76. The highest BCUT2D eigenvalue weighted by Crippen LogP contribution is 2.27. The van der Waals surface area contributed by atoms with Crippen LogP contribution in [0.2, 0.25) is 0 Å². The third-order valence-corrected chi connectivity index (χ3v) is 5.93. The predicted molar refractivity (Wildman–Crippen MR) is 130 cm³/mol. The van der Waals surface area contributed by atoms with Gasteiger partial charge in [0.05, 0.1) is 25.6 Å². The minimum Gasteiger partial charge on any atom is -0.472 e. The van der Waals surface area contributed by atoms with Crippen molar-refractivity contribution in [3.8, 4) is 17.7 Å². The molecule has 0 aliphatic carbocycles. The first-order chi connectivity index (χ1) is 16.7. The first-order valence-electron chi connectivity index (χ1n) is 11.6. The molecule has 1 aliphatic heterocycles. The molecule has 0 radical (unpaired) electrons. The number of aromatic nitrogens is 2. The summed E-state index contributed by atoms with van der Waals surface area (Å²) in [5.41, 5.74) is 1.56. The van der Waals surface area contributed by atoms with Crippen molar-refractivity contribution in [2.24, 2.45) is 5.92 Å². The van der Waals surface area contributed by atoms with Crippen molar-refractivity contribution in [3.05, 3.63) is 53.5 Å². The van der Waals surface area contributed by atoms with Gasteiger partial charge in [0.25, 0.3) is 5.91 Å². The molecule has 3 rings (SSSR count). The fraction of sp³-hybridized carbons (Fsp3) is 0.462. The van der Waals surface area contributed by atoms with Gasteiger partial charge in [0.2, 0.25) is 11.8 Å². The summed E-state index contributed by atoms with van der Waals surface area (Å²) >= 11 is 0. The molecule has 0 spiro atoms. The Balaban J connectivity index is 1.89. The van der Waals surface area contributed by atoms with Gasteiger partial charge in [0, 0.05) is 43.7 Å². The zero-order valence-corrected chi connectivity index (χ0v) is 20.5. The zero-order chi connectivity index (χ0) is 25.5. The van der Waals surface area contributed by atoms with Crippen LogP contribution in [0.3, 0.4) is 0 Å². The molecule has 2 aromatic rings. The second kappa shape index (κ2) is 11.8. The van der Waals surface area contributed by atoms with E-state index in [1.807, 2.05) is 6.92 Å². The van der Waals surface area contributed by atoms with Crippen LogP contribution in [0.1, 0.15) is 42.3 Å². The fourth-order valence-corrected chi connectivity index (χ4v) is 3.76. The number of pyridine rings is 2. The van der Waals surface area contributed by atoms with Gasteiger partial charge in [-0.05, 0) is 37.6 Å². The zero-order valence-electron chi connectivity index (χ0n) is 20.5. The Bertz CT molecular complexity index is 1100. The molecule has 2 N–H and O–H groups in total. The number of amides is 2. The lowest BCUT2D eigenvalue weighted by atomic mass is 9.99. The second-order valence-electron chi connectivity index (χ2n) is 8.95. The maximum atomic E-state index is 13.4. The highest BCUT2D eigenvalue weighted by Gasteiger charge is 2.34. The summed E-state index contributed by atoms with van der Waals surface area (Å²) < 4.78 is 6.21. The largest absolute Gasteiger partial charge is 0.472 e. The number of carbonyl (C=O) groups excluding carboxylic acids is 2. The molecular formula is C26H32N4O5. The van der Waals surface area contributed by atoms with Gasteiger partial charge >= 0.3 is 0 Å². The smallest absolute Gasteiger partial charge is 0.259 e. The number of likely N-dealkylation sites (N-methyl/N-ethyl adjacent to an activating group) is 1. The van der Waals surface area contributed by atoms with Crippen LogP contribution >= 0.6 is 0 Å². The van der Waals surface area contributed by atoms with Crippen LogP contribution < -0.4 is 4.74 Å². The molecule has 1 aliphatic rings. The summed E-state index contributed by atoms with van der Waals surface area (Å²) in [6.45, 7) is 5.70. The molecule has 35 heavy (non-hydrogen) atoms. The van der Waals surface area contributed by atoms with Crippen LogP contribution in [0.5, 0.6) is 5.88 Å². The van der Waals surface area contributed by atoms with Crippen molar-refractivity contribution in [2.75, 3.05) is 26.7 Å². The number of hydrogen-bond acceptors (Lipinski definition) is 7. The van der Waals surface area contributed by atoms with E-state index in [1.165, 1.54) is 6.20 Å². The standard InChI is InChI=1S/C26H32N4O5/c1-17-14-30(18(2)16-31)26(34)22-11-21(6-5-19(3)32)13-28-25(22)35-23(17)15-29(4)24(33)12-20-7-9-27-10-8-20/h7-11,13,17-19,23,31-32H,12,14-16H2,1-4H3/t17-,18-,19-,23+/m1/s1. The Hall–Kier alpha value is -3.48. The molecule has 0 saturated heterocycles. The minimum atomic E-state index is -0.819. The Labute approximate surface area is 205 Å². The highest BCUT2D eigenvalue weighted by molar-refractivity contribution is 5.97. The van der Waals surface area contributed by atoms with Gasteiger partial charge < -0.3 is 24.7 Å². The predicted octanol–water partition coefficient (Wildman–Crippen LogP) is 1.13. The number of carbonyl (C=O) groups is 2. The summed E-state index contributed by atoms with van der Waals surface area (Å²) in [5, 5.41) is 19.2. The van der Waals surface area contributed by atoms with E-state index >= 15 is 0 Å². The quantitative estimate of drug-likeness (QED) is 0.596. The summed E-state index contributed by atoms with van der Waals surface area (Å²) in [7, 11) is 1.72. The molecular weight excluding hydrogens is 448 g/mol. The van der Waals surface area contributed by atoms with Gasteiger partial charge in [-0.3, -0.25) is 14.6 Å². The summed E-state index contributed by atoms with van der Waals surface area (Å²) in [4.78, 5) is 37.8. The Morgan fingerprint density at radius 2 is 2.06 bits per heavy atom. The number of nitrogens with zero attached hydrogens (tertiary/aromatic N) is 4. The number of rotatable bonds is 6. The molecule has 0 bridgehead atoms. The molecule has 2 aromatic heterocycles. The van der Waals surface area contributed by atoms with Gasteiger partial charge in [-0.15, -0.1) is 0 Å². The van der Waals surface area contributed by atoms with Crippen LogP contribution in [0.4, 0.5) is 0 Å². The van der Waals surface area contributed by atoms with Crippen LogP contribution in [0.15, 0.2) is 36.8 Å². The average Bonchev–Trinajstić information content (AvgIpc) is 2.84. The third kappa shape index (κ3) is 6.78. The first-order valence-corrected chi connectivity index (χ1v) is 11.6. The van der Waals surface area contributed by atoms with Crippen LogP contribution in [0, 0.1) is 17.8 Å². The molecule has 0 fully saturated rings. The molecule has 0 saturated carbocycles. The summed E-state index contributed by atoms with van der Waals surface area (Å²) in [6, 6.07) is 4.77. The van der Waals surface area contributed by atoms with Gasteiger partial charge in [-0.25, -0.2) is 4.98 Å². The second-order valence-corrected chi connectivity index (χ2v) is 8.95. The first kappa shape index (κ1) is 26.1. The van der Waals surface area contributed by atoms with E-state index in [1.54, 1.807) is 61.3 Å². The van der Waals surface area contributed by atoms with Gasteiger partial charge in [-0.2, -0.15) is 0 Å². The van der Waals surface area contributed by atoms with E-state index in [0.29, 0.717) is 18.7 Å². The van der Waals surface area contributed by atoms with Crippen molar-refractivity contribution in [3.63, 3.8) is 0 Å². The molecule has 2 amide bonds. The maximum absolute atomic E-state index is 13.4. The summed E-state index contributed by atoms with van der Waals surface area (Å²) in [6.07, 6.45) is 3.77. The molecule has 0 unspecified atom stereocenters. The van der Waals surface area contributed by atoms with E-state index < -0.39 is 18.2 Å². The molecule has 4 atom stereocenters. The molecule has 0 aromatic carbocycles. The molecule has 3 heterocycles. The third-order valence-electron chi connectivity index (χ3n) is 5.93. The molecule has 9 nitrogen and oxygen atoms in total. The Kier molecular flexibility index (Phi) is 8.79. The minimum absolute atomic E-state index is 0.0670. The molecule has 186 valence electrons. The monoisotopic (exact) mass is 480 g/mol. The SMILES string of the molecule is C[C@@H]1CN([C@H](C)CO)C(=O)c2cc(C#C[C@@H](C)O)cnc2O[C@H]1CN(C)C(=O)Cc1ccncc1. The van der Waals surface area contributed by atoms with E-state index in [4.69, 9.17) is 4.74 Å². The van der Waals surface area contributed by atoms with E-state index in [-0.39, 0.29) is 42.2 Å². The number of aliphatic hydroxyl groups excluding tert-OH is 2. The van der Waals surface area contributed by atoms with Crippen molar-refractivity contribution in [1.82, 2.24) is 19.8 Å². The van der Waals surface area contributed by atoms with E-state index in [0.717, 1.165) is 5.56 Å². The van der Waals surface area contributed by atoms with Gasteiger partial charge in [0.1, 0.15) is 17.8 Å². The lowest BCUT2D eigenvalue weighted by molar-refractivity contribution is -0.130. The maximum Gasteiger partial charge on any atom is 0.259 e. The van der Waals surface area contributed by atoms with E-state index in [9.17, 15) is 19.8 Å².